The van der Waals surface area contributed by atoms with Gasteiger partial charge < -0.3 is 14.4 Å². The SMILES string of the molecule is CC(C)c1ccc([C@](O)(c2cncc(-c3noc(C4CCOCC4)n3)c2)C2(C)CN(C3CC3)C2)cc1. The largest absolute Gasteiger partial charge is 0.381 e. The number of nitrogens with zero attached hydrogens (tertiary/aromatic N) is 4. The quantitative estimate of drug-likeness (QED) is 0.508. The first-order valence-corrected chi connectivity index (χ1v) is 13.3. The maximum Gasteiger partial charge on any atom is 0.230 e. The van der Waals surface area contributed by atoms with Crippen LogP contribution in [0.4, 0.5) is 0 Å². The Morgan fingerprint density at radius 3 is 2.42 bits per heavy atom. The van der Waals surface area contributed by atoms with E-state index in [1.807, 2.05) is 6.07 Å². The van der Waals surface area contributed by atoms with E-state index < -0.39 is 5.60 Å². The molecule has 190 valence electrons. The van der Waals surface area contributed by atoms with Crippen LogP contribution >= 0.6 is 0 Å². The number of rotatable bonds is 7. The first-order valence-electron chi connectivity index (χ1n) is 13.3. The highest BCUT2D eigenvalue weighted by Gasteiger charge is 2.58. The molecule has 1 atom stereocenters. The standard InChI is InChI=1S/C29H36N4O3/c1-19(2)20-4-6-23(7-5-20)29(34,28(3)17-33(18-28)25-8-9-25)24-14-22(15-30-16-24)26-31-27(36-32-26)21-10-12-35-13-11-21/h4-7,14-16,19,21,25,34H,8-13,17-18H2,1-3H3/t29-/m0/s1. The van der Waals surface area contributed by atoms with Crippen molar-refractivity contribution >= 4 is 0 Å². The highest BCUT2D eigenvalue weighted by atomic mass is 16.5. The van der Waals surface area contributed by atoms with Gasteiger partial charge in [-0.1, -0.05) is 50.2 Å². The molecule has 3 fully saturated rings. The first kappa shape index (κ1) is 23.8. The van der Waals surface area contributed by atoms with Gasteiger partial charge in [-0.15, -0.1) is 0 Å². The van der Waals surface area contributed by atoms with Crippen molar-refractivity contribution in [2.24, 2.45) is 5.41 Å². The van der Waals surface area contributed by atoms with Crippen LogP contribution in [-0.2, 0) is 10.3 Å². The van der Waals surface area contributed by atoms with Crippen molar-refractivity contribution in [2.45, 2.75) is 69.9 Å². The Hall–Kier alpha value is -2.61. The molecule has 0 amide bonds. The lowest BCUT2D eigenvalue weighted by molar-refractivity contribution is -0.138. The molecule has 4 heterocycles. The fraction of sp³-hybridized carbons (Fsp3) is 0.552. The third-order valence-electron chi connectivity index (χ3n) is 8.46. The molecule has 2 aromatic heterocycles. The summed E-state index contributed by atoms with van der Waals surface area (Å²) in [6, 6.07) is 11.1. The Kier molecular flexibility index (Phi) is 5.97. The zero-order chi connectivity index (χ0) is 24.9. The van der Waals surface area contributed by atoms with Gasteiger partial charge in [0.2, 0.25) is 11.7 Å². The number of hydrogen-bond donors (Lipinski definition) is 1. The number of likely N-dealkylation sites (tertiary alicyclic amines) is 1. The molecule has 1 aromatic carbocycles. The van der Waals surface area contributed by atoms with E-state index in [1.165, 1.54) is 18.4 Å². The highest BCUT2D eigenvalue weighted by Crippen LogP contribution is 2.53. The zero-order valence-corrected chi connectivity index (χ0v) is 21.5. The maximum atomic E-state index is 12.6. The van der Waals surface area contributed by atoms with Crippen molar-refractivity contribution in [3.8, 4) is 11.4 Å². The maximum absolute atomic E-state index is 12.6. The molecule has 7 heteroatoms. The lowest BCUT2D eigenvalue weighted by Crippen LogP contribution is -2.65. The lowest BCUT2D eigenvalue weighted by Gasteiger charge is -2.57. The van der Waals surface area contributed by atoms with Gasteiger partial charge in [0.15, 0.2) is 0 Å². The second-order valence-electron chi connectivity index (χ2n) is 11.5. The summed E-state index contributed by atoms with van der Waals surface area (Å²) in [5, 5.41) is 16.9. The van der Waals surface area contributed by atoms with Gasteiger partial charge in [-0.2, -0.15) is 4.98 Å². The Labute approximate surface area is 212 Å². The normalized spacial score (nSPS) is 22.4. The fourth-order valence-corrected chi connectivity index (χ4v) is 5.97. The average Bonchev–Trinajstić information content (AvgIpc) is 3.61. The molecule has 2 saturated heterocycles. The van der Waals surface area contributed by atoms with Crippen LogP contribution in [0.3, 0.4) is 0 Å². The van der Waals surface area contributed by atoms with Crippen LogP contribution in [0, 0.1) is 5.41 Å². The van der Waals surface area contributed by atoms with Crippen LogP contribution in [0.5, 0.6) is 0 Å². The summed E-state index contributed by atoms with van der Waals surface area (Å²) in [5.74, 6) is 1.84. The van der Waals surface area contributed by atoms with Crippen molar-refractivity contribution in [3.05, 3.63) is 65.3 Å². The van der Waals surface area contributed by atoms with E-state index in [9.17, 15) is 5.11 Å². The Balaban J connectivity index is 1.36. The van der Waals surface area contributed by atoms with Crippen LogP contribution in [0.2, 0.25) is 0 Å². The molecule has 2 aliphatic heterocycles. The zero-order valence-electron chi connectivity index (χ0n) is 21.5. The van der Waals surface area contributed by atoms with Crippen molar-refractivity contribution in [1.29, 1.82) is 0 Å². The van der Waals surface area contributed by atoms with Gasteiger partial charge in [0.25, 0.3) is 0 Å². The fourth-order valence-electron chi connectivity index (χ4n) is 5.97. The number of aromatic nitrogens is 3. The van der Waals surface area contributed by atoms with Crippen LogP contribution in [0.1, 0.15) is 80.9 Å². The monoisotopic (exact) mass is 488 g/mol. The van der Waals surface area contributed by atoms with E-state index in [0.717, 1.165) is 55.8 Å². The molecule has 0 radical (unpaired) electrons. The van der Waals surface area contributed by atoms with Gasteiger partial charge in [-0.3, -0.25) is 9.88 Å². The van der Waals surface area contributed by atoms with Crippen LogP contribution in [-0.4, -0.2) is 57.5 Å². The third kappa shape index (κ3) is 4.07. The molecule has 36 heavy (non-hydrogen) atoms. The predicted octanol–water partition coefficient (Wildman–Crippen LogP) is 4.87. The minimum absolute atomic E-state index is 0.231. The molecule has 1 saturated carbocycles. The summed E-state index contributed by atoms with van der Waals surface area (Å²) in [7, 11) is 0. The molecule has 3 aliphatic rings. The Bertz CT molecular complexity index is 1210. The van der Waals surface area contributed by atoms with E-state index in [1.54, 1.807) is 12.4 Å². The summed E-state index contributed by atoms with van der Waals surface area (Å²) in [5.41, 5.74) is 2.17. The highest BCUT2D eigenvalue weighted by molar-refractivity contribution is 5.56. The summed E-state index contributed by atoms with van der Waals surface area (Å²) < 4.78 is 11.1. The van der Waals surface area contributed by atoms with Gasteiger partial charge in [0.05, 0.1) is 0 Å². The molecule has 1 N–H and O–H groups in total. The van der Waals surface area contributed by atoms with Gasteiger partial charge in [0, 0.05) is 67.2 Å². The van der Waals surface area contributed by atoms with Crippen LogP contribution < -0.4 is 0 Å². The van der Waals surface area contributed by atoms with E-state index in [0.29, 0.717) is 23.7 Å². The predicted molar refractivity (Wildman–Crippen MR) is 137 cm³/mol. The second kappa shape index (κ2) is 9.05. The smallest absolute Gasteiger partial charge is 0.230 e. The summed E-state index contributed by atoms with van der Waals surface area (Å²) >= 11 is 0. The van der Waals surface area contributed by atoms with Crippen LogP contribution in [0.25, 0.3) is 11.4 Å². The third-order valence-corrected chi connectivity index (χ3v) is 8.46. The van der Waals surface area contributed by atoms with Crippen molar-refractivity contribution in [2.75, 3.05) is 26.3 Å². The van der Waals surface area contributed by atoms with Crippen molar-refractivity contribution < 1.29 is 14.4 Å². The number of aliphatic hydroxyl groups is 1. The van der Waals surface area contributed by atoms with E-state index >= 15 is 0 Å². The number of hydrogen-bond acceptors (Lipinski definition) is 7. The van der Waals surface area contributed by atoms with Gasteiger partial charge in [0.1, 0.15) is 5.60 Å². The van der Waals surface area contributed by atoms with E-state index in [4.69, 9.17) is 14.2 Å². The number of pyridine rings is 1. The summed E-state index contributed by atoms with van der Waals surface area (Å²) in [6.07, 6.45) is 7.86. The van der Waals surface area contributed by atoms with E-state index in [-0.39, 0.29) is 11.3 Å². The summed E-state index contributed by atoms with van der Waals surface area (Å²) in [4.78, 5) is 11.8. The Morgan fingerprint density at radius 2 is 1.75 bits per heavy atom. The topological polar surface area (TPSA) is 84.5 Å². The molecule has 6 rings (SSSR count). The number of ether oxygens (including phenoxy) is 1. The van der Waals surface area contributed by atoms with Crippen LogP contribution in [0.15, 0.2) is 47.2 Å². The molecule has 0 unspecified atom stereocenters. The minimum atomic E-state index is -1.19. The summed E-state index contributed by atoms with van der Waals surface area (Å²) in [6.45, 7) is 9.74. The first-order chi connectivity index (χ1) is 17.4. The van der Waals surface area contributed by atoms with Crippen molar-refractivity contribution in [3.63, 3.8) is 0 Å². The molecule has 3 aromatic rings. The lowest BCUT2D eigenvalue weighted by atomic mass is 9.61. The average molecular weight is 489 g/mol. The second-order valence-corrected chi connectivity index (χ2v) is 11.5. The molecule has 7 nitrogen and oxygen atoms in total. The molecular weight excluding hydrogens is 452 g/mol. The van der Waals surface area contributed by atoms with Gasteiger partial charge in [-0.25, -0.2) is 0 Å². The molecule has 0 spiro atoms. The molecule has 1 aliphatic carbocycles. The van der Waals surface area contributed by atoms with E-state index in [2.05, 4.69) is 60.1 Å². The molecule has 0 bridgehead atoms. The number of benzene rings is 1. The Morgan fingerprint density at radius 1 is 1.03 bits per heavy atom. The van der Waals surface area contributed by atoms with Gasteiger partial charge >= 0.3 is 0 Å². The van der Waals surface area contributed by atoms with Gasteiger partial charge in [-0.05, 0) is 48.8 Å². The molecular formula is C29H36N4O3. The van der Waals surface area contributed by atoms with Crippen molar-refractivity contribution in [1.82, 2.24) is 20.0 Å². The minimum Gasteiger partial charge on any atom is -0.381 e.